The Bertz CT molecular complexity index is 1160. The first-order valence-corrected chi connectivity index (χ1v) is 18.1. The highest BCUT2D eigenvalue weighted by atomic mass is 16.6. The summed E-state index contributed by atoms with van der Waals surface area (Å²) in [5.41, 5.74) is -1.35. The third-order valence-electron chi connectivity index (χ3n) is 7.38. The number of carboxylic acid groups (broad SMARTS) is 1. The van der Waals surface area contributed by atoms with Crippen molar-refractivity contribution in [3.8, 4) is 0 Å². The summed E-state index contributed by atoms with van der Waals surface area (Å²) in [6.45, 7) is 22.6. The molecule has 0 radical (unpaired) electrons. The normalized spacial score (nSPS) is 16.0. The van der Waals surface area contributed by atoms with Gasteiger partial charge in [-0.25, -0.2) is 14.4 Å². The van der Waals surface area contributed by atoms with Gasteiger partial charge in [-0.05, 0) is 84.5 Å². The summed E-state index contributed by atoms with van der Waals surface area (Å²) in [6, 6.07) is -1.68. The third kappa shape index (κ3) is 22.7. The lowest BCUT2D eigenvalue weighted by molar-refractivity contribution is -0.159. The number of Topliss-reactive ketones (excluding diaryl/α,β-unsaturated/α-hetero) is 2. The van der Waals surface area contributed by atoms with Crippen LogP contribution < -0.4 is 16.0 Å². The molecule has 1 fully saturated rings. The van der Waals surface area contributed by atoms with Gasteiger partial charge >= 0.3 is 24.1 Å². The molecule has 0 aromatic carbocycles. The summed E-state index contributed by atoms with van der Waals surface area (Å²) < 4.78 is 15.4. The molecule has 0 aromatic rings. The molecule has 1 rings (SSSR count). The first-order chi connectivity index (χ1) is 23.3. The van der Waals surface area contributed by atoms with E-state index < -0.39 is 65.1 Å². The molecule has 0 spiro atoms. The van der Waals surface area contributed by atoms with Crippen molar-refractivity contribution in [2.75, 3.05) is 6.54 Å². The highest BCUT2D eigenvalue weighted by molar-refractivity contribution is 6.12. The number of hydrogen-bond acceptors (Lipinski definition) is 10. The van der Waals surface area contributed by atoms with Crippen molar-refractivity contribution in [1.82, 2.24) is 16.0 Å². The average Bonchev–Trinajstić information content (AvgIpc) is 3.24. The SMILES string of the molecule is CC(C)CC(NC(=O)OC(C)(C)C)C(=O)OC1C(=O)CCC1=O.CCCC(C)CC(CNC(=O)C(CC(C)C)NC(=O)OC(C)(C)C)CC(=O)O. The molecule has 1 aliphatic carbocycles. The minimum Gasteiger partial charge on any atom is -0.481 e. The maximum atomic E-state index is 12.7. The zero-order valence-corrected chi connectivity index (χ0v) is 32.9. The van der Waals surface area contributed by atoms with E-state index in [4.69, 9.17) is 19.3 Å². The third-order valence-corrected chi connectivity index (χ3v) is 7.38. The molecule has 0 aliphatic heterocycles. The van der Waals surface area contributed by atoms with Crippen molar-refractivity contribution >= 4 is 41.6 Å². The Hall–Kier alpha value is -3.71. The predicted octanol–water partition coefficient (Wildman–Crippen LogP) is 5.73. The number of ketones is 2. The van der Waals surface area contributed by atoms with Crippen LogP contribution in [0.3, 0.4) is 0 Å². The van der Waals surface area contributed by atoms with Gasteiger partial charge in [-0.2, -0.15) is 0 Å². The number of nitrogens with one attached hydrogen (secondary N) is 3. The standard InChI is InChI=1S/C21H40N2O5.C16H25NO6/c1-8-9-15(4)11-16(12-18(24)25)13-22-19(26)17(10-14(2)3)23-20(27)28-21(5,6)7;1-9(2)8-10(17-15(21)23-16(3,4)5)14(20)22-13-11(18)6-7-12(13)19/h14-17H,8-13H2,1-7H3,(H,22,26)(H,23,27)(H,24,25);9-10,13H,6-8H2,1-5H3,(H,17,21). The second-order valence-corrected chi connectivity index (χ2v) is 16.2. The molecular weight excluding hydrogens is 662 g/mol. The quantitative estimate of drug-likeness (QED) is 0.0809. The van der Waals surface area contributed by atoms with Crippen molar-refractivity contribution in [2.45, 2.75) is 164 Å². The van der Waals surface area contributed by atoms with E-state index in [1.807, 2.05) is 27.7 Å². The zero-order valence-electron chi connectivity index (χ0n) is 32.9. The van der Waals surface area contributed by atoms with Crippen molar-refractivity contribution in [3.63, 3.8) is 0 Å². The molecule has 14 nitrogen and oxygen atoms in total. The van der Waals surface area contributed by atoms with Crippen LogP contribution in [-0.4, -0.2) is 82.6 Å². The number of esters is 1. The molecule has 4 N–H and O–H groups in total. The Labute approximate surface area is 304 Å². The predicted molar refractivity (Wildman–Crippen MR) is 192 cm³/mol. The van der Waals surface area contributed by atoms with Gasteiger partial charge in [0.1, 0.15) is 23.3 Å². The number of aliphatic carboxylic acids is 1. The number of rotatable bonds is 17. The molecular formula is C37H65N3O11. The maximum absolute atomic E-state index is 12.7. The summed E-state index contributed by atoms with van der Waals surface area (Å²) >= 11 is 0. The fraction of sp³-hybridized carbons (Fsp3) is 0.811. The minimum atomic E-state index is -1.34. The molecule has 3 amide bonds. The van der Waals surface area contributed by atoms with Gasteiger partial charge in [0.2, 0.25) is 12.0 Å². The topological polar surface area (TPSA) is 203 Å². The Kier molecular flexibility index (Phi) is 20.7. The van der Waals surface area contributed by atoms with Crippen LogP contribution in [-0.2, 0) is 38.2 Å². The van der Waals surface area contributed by atoms with Crippen molar-refractivity contribution in [3.05, 3.63) is 0 Å². The zero-order chi connectivity index (χ0) is 39.7. The summed E-state index contributed by atoms with van der Waals surface area (Å²) in [7, 11) is 0. The van der Waals surface area contributed by atoms with E-state index in [2.05, 4.69) is 29.8 Å². The van der Waals surface area contributed by atoms with Gasteiger partial charge in [-0.3, -0.25) is 19.2 Å². The second-order valence-electron chi connectivity index (χ2n) is 16.2. The van der Waals surface area contributed by atoms with Crippen molar-refractivity contribution < 1.29 is 52.9 Å². The summed E-state index contributed by atoms with van der Waals surface area (Å²) in [5, 5.41) is 17.1. The fourth-order valence-electron chi connectivity index (χ4n) is 5.34. The van der Waals surface area contributed by atoms with Crippen molar-refractivity contribution in [1.29, 1.82) is 0 Å². The van der Waals surface area contributed by atoms with Crippen LogP contribution in [0.25, 0.3) is 0 Å². The number of carbonyl (C=O) groups is 7. The van der Waals surface area contributed by atoms with Crippen LogP contribution in [0.5, 0.6) is 0 Å². The van der Waals surface area contributed by atoms with Gasteiger partial charge < -0.3 is 35.3 Å². The Morgan fingerprint density at radius 1 is 0.765 bits per heavy atom. The lowest BCUT2D eigenvalue weighted by Crippen LogP contribution is -2.49. The van der Waals surface area contributed by atoms with Gasteiger partial charge in [0.25, 0.3) is 0 Å². The first kappa shape index (κ1) is 47.3. The number of ether oxygens (including phenoxy) is 3. The molecule has 0 bridgehead atoms. The van der Waals surface area contributed by atoms with Gasteiger partial charge in [-0.15, -0.1) is 0 Å². The second kappa shape index (κ2) is 22.3. The lowest BCUT2D eigenvalue weighted by atomic mass is 9.90. The van der Waals surface area contributed by atoms with E-state index in [0.717, 1.165) is 19.3 Å². The highest BCUT2D eigenvalue weighted by Crippen LogP contribution is 2.20. The molecule has 4 atom stereocenters. The molecule has 294 valence electrons. The van der Waals surface area contributed by atoms with Crippen LogP contribution in [0.1, 0.15) is 134 Å². The van der Waals surface area contributed by atoms with Crippen LogP contribution >= 0.6 is 0 Å². The van der Waals surface area contributed by atoms with E-state index in [9.17, 15) is 33.6 Å². The van der Waals surface area contributed by atoms with Gasteiger partial charge in [0.05, 0.1) is 0 Å². The van der Waals surface area contributed by atoms with Crippen molar-refractivity contribution in [2.24, 2.45) is 23.7 Å². The minimum absolute atomic E-state index is 0.0165. The Morgan fingerprint density at radius 2 is 1.22 bits per heavy atom. The molecule has 0 saturated heterocycles. The molecule has 1 aliphatic rings. The molecule has 4 unspecified atom stereocenters. The van der Waals surface area contributed by atoms with Crippen LogP contribution in [0, 0.1) is 23.7 Å². The highest BCUT2D eigenvalue weighted by Gasteiger charge is 2.38. The molecule has 1 saturated carbocycles. The van der Waals surface area contributed by atoms with E-state index in [1.165, 1.54) is 0 Å². The average molecular weight is 728 g/mol. The first-order valence-electron chi connectivity index (χ1n) is 18.1. The van der Waals surface area contributed by atoms with E-state index in [0.29, 0.717) is 18.8 Å². The van der Waals surface area contributed by atoms with Gasteiger partial charge in [0, 0.05) is 25.8 Å². The summed E-state index contributed by atoms with van der Waals surface area (Å²) in [5.74, 6) is -2.21. The summed E-state index contributed by atoms with van der Waals surface area (Å²) in [6.07, 6.45) is 1.08. The van der Waals surface area contributed by atoms with Gasteiger partial charge in [-0.1, -0.05) is 54.4 Å². The maximum Gasteiger partial charge on any atom is 0.408 e. The van der Waals surface area contributed by atoms with E-state index >= 15 is 0 Å². The molecule has 0 aromatic heterocycles. The molecule has 14 heteroatoms. The van der Waals surface area contributed by atoms with Crippen LogP contribution in [0.4, 0.5) is 9.59 Å². The van der Waals surface area contributed by atoms with Gasteiger partial charge in [0.15, 0.2) is 11.6 Å². The van der Waals surface area contributed by atoms with Crippen LogP contribution in [0.15, 0.2) is 0 Å². The number of alkyl carbamates (subject to hydrolysis) is 2. The summed E-state index contributed by atoms with van der Waals surface area (Å²) in [4.78, 5) is 83.1. The van der Waals surface area contributed by atoms with E-state index in [1.54, 1.807) is 41.5 Å². The number of carbonyl (C=O) groups excluding carboxylic acids is 6. The number of carboxylic acids is 1. The Morgan fingerprint density at radius 3 is 1.63 bits per heavy atom. The van der Waals surface area contributed by atoms with E-state index in [-0.39, 0.29) is 49.5 Å². The molecule has 51 heavy (non-hydrogen) atoms. The lowest BCUT2D eigenvalue weighted by Gasteiger charge is -2.25. The monoisotopic (exact) mass is 727 g/mol. The Balaban J connectivity index is 0.000000998. The molecule has 0 heterocycles. The largest absolute Gasteiger partial charge is 0.481 e. The number of amides is 3. The smallest absolute Gasteiger partial charge is 0.408 e. The fourth-order valence-corrected chi connectivity index (χ4v) is 5.34. The van der Waals surface area contributed by atoms with Crippen LogP contribution in [0.2, 0.25) is 0 Å². The number of hydrogen-bond donors (Lipinski definition) is 4.